The number of hydrogen-bond acceptors (Lipinski definition) is 5. The number of aryl methyl sites for hydroxylation is 1. The van der Waals surface area contributed by atoms with Crippen molar-refractivity contribution in [3.05, 3.63) is 70.6 Å². The number of ether oxygens (including phenoxy) is 2. The first kappa shape index (κ1) is 24.2. The number of nitrogens with one attached hydrogen (secondary N) is 2. The summed E-state index contributed by atoms with van der Waals surface area (Å²) in [5.74, 6) is 1.54. The fourth-order valence-corrected chi connectivity index (χ4v) is 5.67. The molecule has 1 aliphatic carbocycles. The fraction of sp³-hybridized carbons (Fsp3) is 0.333. The van der Waals surface area contributed by atoms with Crippen molar-refractivity contribution in [2.75, 3.05) is 10.6 Å². The maximum absolute atomic E-state index is 13.2. The van der Waals surface area contributed by atoms with Crippen molar-refractivity contribution in [3.63, 3.8) is 0 Å². The Bertz CT molecular complexity index is 1170. The predicted octanol–water partition coefficient (Wildman–Crippen LogP) is 7.74. The third-order valence-corrected chi connectivity index (χ3v) is 6.86. The molecule has 0 saturated carbocycles. The summed E-state index contributed by atoms with van der Waals surface area (Å²) in [7, 11) is 0. The number of para-hydroxylation sites is 1. The minimum absolute atomic E-state index is 0.300. The van der Waals surface area contributed by atoms with Gasteiger partial charge in [0.2, 0.25) is 0 Å². The molecule has 1 aliphatic rings. The van der Waals surface area contributed by atoms with Crippen LogP contribution < -0.4 is 15.4 Å². The Balaban J connectivity index is 1.49. The Morgan fingerprint density at radius 2 is 1.71 bits per heavy atom. The Morgan fingerprint density at radius 3 is 2.38 bits per heavy atom. The number of carbonyl (C=O) groups excluding carboxylic acids is 1. The van der Waals surface area contributed by atoms with E-state index in [1.807, 2.05) is 75.4 Å². The second-order valence-electron chi connectivity index (χ2n) is 9.46. The monoisotopic (exact) mass is 494 g/mol. The molecule has 0 spiro atoms. The van der Waals surface area contributed by atoms with Gasteiger partial charge in [0.15, 0.2) is 5.11 Å². The van der Waals surface area contributed by atoms with Crippen molar-refractivity contribution in [3.8, 4) is 11.5 Å². The molecule has 0 bridgehead atoms. The zero-order valence-electron chi connectivity index (χ0n) is 19.9. The molecule has 0 fully saturated rings. The van der Waals surface area contributed by atoms with Crippen molar-refractivity contribution in [1.29, 1.82) is 0 Å². The van der Waals surface area contributed by atoms with Crippen LogP contribution in [0.15, 0.2) is 54.6 Å². The van der Waals surface area contributed by atoms with Crippen molar-refractivity contribution < 1.29 is 14.3 Å². The number of benzene rings is 2. The number of esters is 1. The lowest BCUT2D eigenvalue weighted by atomic mass is 9.86. The third-order valence-electron chi connectivity index (χ3n) is 5.48. The second kappa shape index (κ2) is 10.2. The van der Waals surface area contributed by atoms with Crippen LogP contribution in [0.4, 0.5) is 10.7 Å². The van der Waals surface area contributed by atoms with Crippen LogP contribution in [0, 0.1) is 0 Å². The van der Waals surface area contributed by atoms with E-state index in [0.717, 1.165) is 47.0 Å². The number of rotatable bonds is 5. The predicted molar refractivity (Wildman–Crippen MR) is 144 cm³/mol. The van der Waals surface area contributed by atoms with E-state index in [4.69, 9.17) is 21.7 Å². The van der Waals surface area contributed by atoms with Gasteiger partial charge < -0.3 is 20.1 Å². The van der Waals surface area contributed by atoms with E-state index in [-0.39, 0.29) is 5.97 Å². The number of thiocarbonyl (C=S) groups is 1. The molecule has 5 nitrogen and oxygen atoms in total. The molecule has 0 aliphatic heterocycles. The van der Waals surface area contributed by atoms with E-state index in [1.165, 1.54) is 4.88 Å². The number of hydrogen-bond donors (Lipinski definition) is 2. The summed E-state index contributed by atoms with van der Waals surface area (Å²) in [5, 5.41) is 7.64. The van der Waals surface area contributed by atoms with Crippen molar-refractivity contribution in [2.45, 2.75) is 58.5 Å². The topological polar surface area (TPSA) is 59.6 Å². The van der Waals surface area contributed by atoms with E-state index < -0.39 is 5.60 Å². The summed E-state index contributed by atoms with van der Waals surface area (Å²) < 4.78 is 11.6. The van der Waals surface area contributed by atoms with E-state index in [9.17, 15) is 4.79 Å². The molecular weight excluding hydrogens is 464 g/mol. The Labute approximate surface area is 210 Å². The van der Waals surface area contributed by atoms with E-state index in [2.05, 4.69) is 17.6 Å². The largest absolute Gasteiger partial charge is 0.457 e. The molecule has 2 N–H and O–H groups in total. The van der Waals surface area contributed by atoms with Gasteiger partial charge in [-0.1, -0.05) is 25.1 Å². The highest BCUT2D eigenvalue weighted by molar-refractivity contribution is 7.80. The van der Waals surface area contributed by atoms with E-state index >= 15 is 0 Å². The van der Waals surface area contributed by atoms with Crippen molar-refractivity contribution in [1.82, 2.24) is 0 Å². The molecule has 1 aromatic heterocycles. The standard InChI is InChI=1S/C27H30N2O3S2/c1-17-9-8-12-21-22(17)23(25(30)32-27(2,3)4)24(34-21)29-26(33)28-18-13-15-20(16-14-18)31-19-10-6-5-7-11-19/h5-7,10-11,13-17H,8-9,12H2,1-4H3,(H2,28,29,33). The normalized spacial score (nSPS) is 15.2. The first-order valence-electron chi connectivity index (χ1n) is 11.5. The first-order valence-corrected chi connectivity index (χ1v) is 12.7. The van der Waals surface area contributed by atoms with Crippen LogP contribution in [0.1, 0.15) is 67.3 Å². The van der Waals surface area contributed by atoms with Crippen LogP contribution in [0.5, 0.6) is 11.5 Å². The molecule has 1 heterocycles. The van der Waals surface area contributed by atoms with Gasteiger partial charge in [-0.15, -0.1) is 11.3 Å². The molecule has 0 amide bonds. The van der Waals surface area contributed by atoms with Gasteiger partial charge in [-0.25, -0.2) is 4.79 Å². The Kier molecular flexibility index (Phi) is 7.24. The molecule has 0 radical (unpaired) electrons. The van der Waals surface area contributed by atoms with Crippen LogP contribution >= 0.6 is 23.6 Å². The number of anilines is 2. The van der Waals surface area contributed by atoms with Gasteiger partial charge in [-0.3, -0.25) is 0 Å². The molecule has 2 aromatic carbocycles. The SMILES string of the molecule is CC1CCCc2sc(NC(=S)Nc3ccc(Oc4ccccc4)cc3)c(C(=O)OC(C)(C)C)c21. The summed E-state index contributed by atoms with van der Waals surface area (Å²) >= 11 is 7.19. The lowest BCUT2D eigenvalue weighted by Crippen LogP contribution is -2.26. The average Bonchev–Trinajstić information content (AvgIpc) is 3.14. The van der Waals surface area contributed by atoms with Gasteiger partial charge in [0, 0.05) is 10.6 Å². The fourth-order valence-electron chi connectivity index (χ4n) is 4.03. The van der Waals surface area contributed by atoms with Gasteiger partial charge in [-0.05, 0) is 100 Å². The van der Waals surface area contributed by atoms with E-state index in [0.29, 0.717) is 16.6 Å². The molecule has 178 valence electrons. The van der Waals surface area contributed by atoms with Crippen LogP contribution in [-0.4, -0.2) is 16.7 Å². The minimum Gasteiger partial charge on any atom is -0.457 e. The highest BCUT2D eigenvalue weighted by atomic mass is 32.1. The van der Waals surface area contributed by atoms with Crippen LogP contribution in [-0.2, 0) is 11.2 Å². The van der Waals surface area contributed by atoms with Crippen LogP contribution in [0.3, 0.4) is 0 Å². The molecule has 3 aromatic rings. The lowest BCUT2D eigenvalue weighted by molar-refractivity contribution is 0.00693. The molecule has 0 saturated heterocycles. The summed E-state index contributed by atoms with van der Waals surface area (Å²) in [6, 6.07) is 17.2. The highest BCUT2D eigenvalue weighted by Gasteiger charge is 2.32. The lowest BCUT2D eigenvalue weighted by Gasteiger charge is -2.23. The molecule has 1 unspecified atom stereocenters. The average molecular weight is 495 g/mol. The van der Waals surface area contributed by atoms with Crippen molar-refractivity contribution >= 4 is 45.3 Å². The Morgan fingerprint density at radius 1 is 1.03 bits per heavy atom. The molecular formula is C27H30N2O3S2. The highest BCUT2D eigenvalue weighted by Crippen LogP contribution is 2.44. The van der Waals surface area contributed by atoms with Gasteiger partial charge >= 0.3 is 5.97 Å². The summed E-state index contributed by atoms with van der Waals surface area (Å²) in [6.07, 6.45) is 3.17. The zero-order chi connectivity index (χ0) is 24.3. The summed E-state index contributed by atoms with van der Waals surface area (Å²) in [6.45, 7) is 7.84. The van der Waals surface area contributed by atoms with Crippen LogP contribution in [0.25, 0.3) is 0 Å². The van der Waals surface area contributed by atoms with Gasteiger partial charge in [0.25, 0.3) is 0 Å². The zero-order valence-corrected chi connectivity index (χ0v) is 21.6. The summed E-state index contributed by atoms with van der Waals surface area (Å²) in [4.78, 5) is 14.4. The number of fused-ring (bicyclic) bond motifs is 1. The summed E-state index contributed by atoms with van der Waals surface area (Å²) in [5.41, 5.74) is 1.99. The second-order valence-corrected chi connectivity index (χ2v) is 11.0. The number of carbonyl (C=O) groups is 1. The molecule has 4 rings (SSSR count). The molecule has 34 heavy (non-hydrogen) atoms. The van der Waals surface area contributed by atoms with Crippen LogP contribution in [0.2, 0.25) is 0 Å². The third kappa shape index (κ3) is 5.96. The van der Waals surface area contributed by atoms with E-state index in [1.54, 1.807) is 11.3 Å². The quantitative estimate of drug-likeness (QED) is 0.279. The smallest absolute Gasteiger partial charge is 0.341 e. The minimum atomic E-state index is -0.566. The number of thiophene rings is 1. The Hall–Kier alpha value is -2.90. The molecule has 1 atom stereocenters. The van der Waals surface area contributed by atoms with Gasteiger partial charge in [0.05, 0.1) is 5.56 Å². The maximum Gasteiger partial charge on any atom is 0.341 e. The van der Waals surface area contributed by atoms with Crippen molar-refractivity contribution in [2.24, 2.45) is 0 Å². The van der Waals surface area contributed by atoms with Gasteiger partial charge in [0.1, 0.15) is 22.1 Å². The maximum atomic E-state index is 13.2. The van der Waals surface area contributed by atoms with Gasteiger partial charge in [-0.2, -0.15) is 0 Å². The molecule has 7 heteroatoms. The first-order chi connectivity index (χ1) is 16.2.